The molecule has 2 aliphatic carbocycles. The molecule has 3 heteroatoms. The molecule has 1 unspecified atom stereocenters. The van der Waals surface area contributed by atoms with Crippen molar-refractivity contribution in [2.45, 2.75) is 45.6 Å². The van der Waals surface area contributed by atoms with Gasteiger partial charge in [-0.15, -0.1) is 0 Å². The first kappa shape index (κ1) is 14.3. The van der Waals surface area contributed by atoms with Crippen LogP contribution in [0.2, 0.25) is 0 Å². The minimum atomic E-state index is -0.359. The molecule has 0 radical (unpaired) electrons. The summed E-state index contributed by atoms with van der Waals surface area (Å²) < 4.78 is 5.44. The van der Waals surface area contributed by atoms with E-state index in [4.69, 9.17) is 4.74 Å². The zero-order valence-corrected chi connectivity index (χ0v) is 11.9. The van der Waals surface area contributed by atoms with E-state index in [9.17, 15) is 5.11 Å². The van der Waals surface area contributed by atoms with Gasteiger partial charge in [-0.2, -0.15) is 0 Å². The van der Waals surface area contributed by atoms with Gasteiger partial charge in [0, 0.05) is 13.2 Å². The largest absolute Gasteiger partial charge is 0.389 e. The lowest BCUT2D eigenvalue weighted by molar-refractivity contribution is 0.0256. The van der Waals surface area contributed by atoms with Gasteiger partial charge in [-0.1, -0.05) is 13.8 Å². The third kappa shape index (κ3) is 5.25. The number of nitrogens with one attached hydrogen (secondary N) is 1. The topological polar surface area (TPSA) is 41.5 Å². The van der Waals surface area contributed by atoms with Crippen LogP contribution in [0.3, 0.4) is 0 Å². The average molecular weight is 255 g/mol. The Morgan fingerprint density at radius 1 is 1.06 bits per heavy atom. The van der Waals surface area contributed by atoms with Crippen molar-refractivity contribution in [1.29, 1.82) is 0 Å². The van der Waals surface area contributed by atoms with Gasteiger partial charge in [0.25, 0.3) is 0 Å². The van der Waals surface area contributed by atoms with Crippen LogP contribution in [0.5, 0.6) is 0 Å². The van der Waals surface area contributed by atoms with Crippen molar-refractivity contribution in [3.63, 3.8) is 0 Å². The molecular weight excluding hydrogens is 226 g/mol. The Labute approximate surface area is 111 Å². The molecule has 0 aliphatic heterocycles. The fourth-order valence-corrected chi connectivity index (χ4v) is 2.68. The van der Waals surface area contributed by atoms with Crippen LogP contribution in [0.15, 0.2) is 0 Å². The number of ether oxygens (including phenoxy) is 1. The Hall–Kier alpha value is -0.120. The molecule has 2 saturated carbocycles. The Bertz CT molecular complexity index is 225. The molecule has 1 atom stereocenters. The molecule has 2 N–H and O–H groups in total. The quantitative estimate of drug-likeness (QED) is 0.628. The highest BCUT2D eigenvalue weighted by molar-refractivity contribution is 4.92. The van der Waals surface area contributed by atoms with Crippen molar-refractivity contribution in [3.05, 3.63) is 0 Å². The molecule has 0 aromatic heterocycles. The molecule has 0 aromatic rings. The summed E-state index contributed by atoms with van der Waals surface area (Å²) in [7, 11) is 0. The summed E-state index contributed by atoms with van der Waals surface area (Å²) in [5.74, 6) is 3.40. The minimum absolute atomic E-state index is 0.359. The molecule has 0 spiro atoms. The Balaban J connectivity index is 1.51. The van der Waals surface area contributed by atoms with Crippen LogP contribution in [0.1, 0.15) is 39.5 Å². The molecule has 0 aromatic carbocycles. The number of hydrogen-bond donors (Lipinski definition) is 2. The molecule has 0 amide bonds. The second-order valence-corrected chi connectivity index (χ2v) is 6.58. The third-order valence-electron chi connectivity index (χ3n) is 3.98. The zero-order valence-electron chi connectivity index (χ0n) is 11.9. The molecule has 2 rings (SSSR count). The van der Waals surface area contributed by atoms with E-state index in [1.807, 2.05) is 0 Å². The van der Waals surface area contributed by atoms with E-state index in [2.05, 4.69) is 19.2 Å². The standard InChI is InChI=1S/C15H29NO2/c1-11(2)9-18-10-14(17)7-16-8-15(12-3-4-12)13-5-6-13/h11-17H,3-10H2,1-2H3. The average Bonchev–Trinajstić information content (AvgIpc) is 3.14. The van der Waals surface area contributed by atoms with E-state index in [0.717, 1.165) is 30.9 Å². The minimum Gasteiger partial charge on any atom is -0.389 e. The summed E-state index contributed by atoms with van der Waals surface area (Å²) in [5, 5.41) is 13.2. The second-order valence-electron chi connectivity index (χ2n) is 6.58. The highest BCUT2D eigenvalue weighted by Gasteiger charge is 2.40. The fourth-order valence-electron chi connectivity index (χ4n) is 2.68. The second kappa shape index (κ2) is 6.88. The number of aliphatic hydroxyl groups excluding tert-OH is 1. The van der Waals surface area contributed by atoms with Gasteiger partial charge in [0.2, 0.25) is 0 Å². The molecule has 2 aliphatic rings. The lowest BCUT2D eigenvalue weighted by atomic mass is 9.98. The van der Waals surface area contributed by atoms with Gasteiger partial charge in [0.1, 0.15) is 0 Å². The highest BCUT2D eigenvalue weighted by Crippen LogP contribution is 2.48. The van der Waals surface area contributed by atoms with Crippen LogP contribution >= 0.6 is 0 Å². The lowest BCUT2D eigenvalue weighted by Crippen LogP contribution is -2.34. The van der Waals surface area contributed by atoms with Crippen molar-refractivity contribution in [1.82, 2.24) is 5.32 Å². The maximum Gasteiger partial charge on any atom is 0.0897 e. The van der Waals surface area contributed by atoms with E-state index < -0.39 is 0 Å². The molecule has 0 heterocycles. The molecule has 0 bridgehead atoms. The predicted octanol–water partition coefficient (Wildman–Crippen LogP) is 2.05. The number of aliphatic hydroxyl groups is 1. The summed E-state index contributed by atoms with van der Waals surface area (Å²) >= 11 is 0. The fraction of sp³-hybridized carbons (Fsp3) is 1.00. The van der Waals surface area contributed by atoms with Gasteiger partial charge in [-0.05, 0) is 55.9 Å². The zero-order chi connectivity index (χ0) is 13.0. The van der Waals surface area contributed by atoms with Gasteiger partial charge in [-0.3, -0.25) is 0 Å². The molecule has 2 fully saturated rings. The SMILES string of the molecule is CC(C)COCC(O)CNCC(C1CC1)C1CC1. The Morgan fingerprint density at radius 3 is 2.17 bits per heavy atom. The van der Waals surface area contributed by atoms with E-state index in [1.165, 1.54) is 25.7 Å². The van der Waals surface area contributed by atoms with Gasteiger partial charge in [-0.25, -0.2) is 0 Å². The maximum atomic E-state index is 9.80. The van der Waals surface area contributed by atoms with Gasteiger partial charge >= 0.3 is 0 Å². The van der Waals surface area contributed by atoms with Gasteiger partial charge in [0.05, 0.1) is 12.7 Å². The van der Waals surface area contributed by atoms with Crippen LogP contribution in [0.25, 0.3) is 0 Å². The summed E-state index contributed by atoms with van der Waals surface area (Å²) in [6.07, 6.45) is 5.38. The normalized spacial score (nSPS) is 21.8. The van der Waals surface area contributed by atoms with E-state index >= 15 is 0 Å². The van der Waals surface area contributed by atoms with Crippen LogP contribution < -0.4 is 5.32 Å². The molecular formula is C15H29NO2. The number of rotatable bonds is 10. The van der Waals surface area contributed by atoms with E-state index in [0.29, 0.717) is 19.1 Å². The third-order valence-corrected chi connectivity index (χ3v) is 3.98. The summed E-state index contributed by atoms with van der Waals surface area (Å²) in [6, 6.07) is 0. The Morgan fingerprint density at radius 2 is 1.67 bits per heavy atom. The van der Waals surface area contributed by atoms with E-state index in [-0.39, 0.29) is 6.10 Å². The van der Waals surface area contributed by atoms with Crippen LogP contribution in [-0.2, 0) is 4.74 Å². The van der Waals surface area contributed by atoms with Crippen molar-refractivity contribution >= 4 is 0 Å². The summed E-state index contributed by atoms with van der Waals surface area (Å²) in [4.78, 5) is 0. The van der Waals surface area contributed by atoms with E-state index in [1.54, 1.807) is 0 Å². The predicted molar refractivity (Wildman–Crippen MR) is 73.5 cm³/mol. The smallest absolute Gasteiger partial charge is 0.0897 e. The van der Waals surface area contributed by atoms with Crippen molar-refractivity contribution in [2.75, 3.05) is 26.3 Å². The first-order valence-electron chi connectivity index (χ1n) is 7.63. The molecule has 0 saturated heterocycles. The summed E-state index contributed by atoms with van der Waals surface area (Å²) in [5.41, 5.74) is 0. The molecule has 106 valence electrons. The van der Waals surface area contributed by atoms with Crippen molar-refractivity contribution in [3.8, 4) is 0 Å². The van der Waals surface area contributed by atoms with Crippen LogP contribution in [0.4, 0.5) is 0 Å². The van der Waals surface area contributed by atoms with Gasteiger partial charge < -0.3 is 15.2 Å². The van der Waals surface area contributed by atoms with Crippen LogP contribution in [0, 0.1) is 23.7 Å². The molecule has 18 heavy (non-hydrogen) atoms. The number of hydrogen-bond acceptors (Lipinski definition) is 3. The molecule has 3 nitrogen and oxygen atoms in total. The van der Waals surface area contributed by atoms with Crippen LogP contribution in [-0.4, -0.2) is 37.5 Å². The first-order valence-corrected chi connectivity index (χ1v) is 7.63. The Kier molecular flexibility index (Phi) is 5.46. The monoisotopic (exact) mass is 255 g/mol. The highest BCUT2D eigenvalue weighted by atomic mass is 16.5. The van der Waals surface area contributed by atoms with Crippen molar-refractivity contribution in [2.24, 2.45) is 23.7 Å². The summed E-state index contributed by atoms with van der Waals surface area (Å²) in [6.45, 7) is 7.22. The first-order chi connectivity index (χ1) is 8.66. The van der Waals surface area contributed by atoms with Gasteiger partial charge in [0.15, 0.2) is 0 Å². The maximum absolute atomic E-state index is 9.80. The van der Waals surface area contributed by atoms with Crippen molar-refractivity contribution < 1.29 is 9.84 Å². The lowest BCUT2D eigenvalue weighted by Gasteiger charge is -2.18.